The van der Waals surface area contributed by atoms with Crippen LogP contribution in [0.4, 0.5) is 16.2 Å². The normalized spacial score (nSPS) is 18.2. The van der Waals surface area contributed by atoms with Gasteiger partial charge < -0.3 is 15.0 Å². The first-order valence-corrected chi connectivity index (χ1v) is 11.7. The van der Waals surface area contributed by atoms with Crippen LogP contribution in [0.2, 0.25) is 0 Å². The van der Waals surface area contributed by atoms with Crippen molar-refractivity contribution in [3.63, 3.8) is 0 Å². The van der Waals surface area contributed by atoms with Gasteiger partial charge >= 0.3 is 6.09 Å². The largest absolute Gasteiger partial charge is 0.444 e. The third-order valence-electron chi connectivity index (χ3n) is 5.66. The number of anilines is 2. The highest BCUT2D eigenvalue weighted by atomic mass is 16.6. The van der Waals surface area contributed by atoms with Crippen LogP contribution >= 0.6 is 0 Å². The van der Waals surface area contributed by atoms with E-state index >= 15 is 0 Å². The van der Waals surface area contributed by atoms with Crippen LogP contribution in [-0.2, 0) is 4.74 Å². The summed E-state index contributed by atoms with van der Waals surface area (Å²) in [6, 6.07) is 12.0. The zero-order valence-electron chi connectivity index (χ0n) is 20.9. The van der Waals surface area contributed by atoms with Gasteiger partial charge in [0.1, 0.15) is 5.60 Å². The Morgan fingerprint density at radius 2 is 1.62 bits per heavy atom. The van der Waals surface area contributed by atoms with Gasteiger partial charge in [0, 0.05) is 35.6 Å². The number of benzene rings is 2. The Morgan fingerprint density at radius 3 is 2.26 bits per heavy atom. The zero-order chi connectivity index (χ0) is 25.0. The molecule has 1 saturated heterocycles. The van der Waals surface area contributed by atoms with E-state index in [0.717, 1.165) is 25.1 Å². The molecule has 0 bridgehead atoms. The predicted molar refractivity (Wildman–Crippen MR) is 134 cm³/mol. The number of ether oxygens (including phenoxy) is 1. The molecule has 2 aromatic carbocycles. The number of carbonyl (C=O) groups is 3. The molecular weight excluding hydrogens is 430 g/mol. The smallest absolute Gasteiger partial charge is 0.412 e. The van der Waals surface area contributed by atoms with Crippen LogP contribution in [0, 0.1) is 18.8 Å². The third-order valence-corrected chi connectivity index (χ3v) is 5.66. The molecule has 7 heteroatoms. The van der Waals surface area contributed by atoms with E-state index in [-0.39, 0.29) is 11.8 Å². The Labute approximate surface area is 201 Å². The molecule has 0 saturated carbocycles. The summed E-state index contributed by atoms with van der Waals surface area (Å²) >= 11 is 0. The van der Waals surface area contributed by atoms with E-state index in [1.807, 2.05) is 24.0 Å². The van der Waals surface area contributed by atoms with Crippen molar-refractivity contribution in [3.05, 3.63) is 59.2 Å². The molecule has 2 unspecified atom stereocenters. The van der Waals surface area contributed by atoms with Crippen LogP contribution in [0.25, 0.3) is 0 Å². The second kappa shape index (κ2) is 10.3. The topological polar surface area (TPSA) is 87.7 Å². The van der Waals surface area contributed by atoms with E-state index in [1.165, 1.54) is 0 Å². The van der Waals surface area contributed by atoms with Crippen molar-refractivity contribution in [2.45, 2.75) is 53.6 Å². The summed E-state index contributed by atoms with van der Waals surface area (Å²) in [5, 5.41) is 5.55. The summed E-state index contributed by atoms with van der Waals surface area (Å²) in [6.07, 6.45) is 0.536. The summed E-state index contributed by atoms with van der Waals surface area (Å²) < 4.78 is 5.27. The monoisotopic (exact) mass is 465 g/mol. The van der Waals surface area contributed by atoms with Crippen molar-refractivity contribution in [2.75, 3.05) is 23.7 Å². The SMILES string of the molecule is Cc1ccc(C(=O)N2CC(C)CC(C)C2)cc1NC(=O)c1cccc(NC(=O)OC(C)(C)C)c1. The molecule has 2 atom stereocenters. The highest BCUT2D eigenvalue weighted by Gasteiger charge is 2.26. The fourth-order valence-corrected chi connectivity index (χ4v) is 4.26. The molecule has 1 aliphatic heterocycles. The van der Waals surface area contributed by atoms with Crippen LogP contribution in [0.15, 0.2) is 42.5 Å². The van der Waals surface area contributed by atoms with Gasteiger partial charge in [-0.1, -0.05) is 26.0 Å². The Kier molecular flexibility index (Phi) is 7.64. The first-order valence-electron chi connectivity index (χ1n) is 11.7. The molecule has 182 valence electrons. The van der Waals surface area contributed by atoms with Gasteiger partial charge in [0.25, 0.3) is 11.8 Å². The van der Waals surface area contributed by atoms with Crippen LogP contribution in [0.5, 0.6) is 0 Å². The van der Waals surface area contributed by atoms with E-state index in [2.05, 4.69) is 24.5 Å². The number of nitrogens with one attached hydrogen (secondary N) is 2. The molecule has 0 spiro atoms. The first-order chi connectivity index (χ1) is 15.9. The number of rotatable bonds is 4. The molecular formula is C27H35N3O4. The fourth-order valence-electron chi connectivity index (χ4n) is 4.26. The number of nitrogens with zero attached hydrogens (tertiary/aromatic N) is 1. The lowest BCUT2D eigenvalue weighted by molar-refractivity contribution is 0.0619. The third kappa shape index (κ3) is 6.83. The van der Waals surface area contributed by atoms with Gasteiger partial charge in [0.2, 0.25) is 0 Å². The minimum atomic E-state index is -0.622. The van der Waals surface area contributed by atoms with Crippen molar-refractivity contribution >= 4 is 29.3 Å². The minimum absolute atomic E-state index is 0.0162. The second-order valence-corrected chi connectivity index (χ2v) is 10.3. The Hall–Kier alpha value is -3.35. The van der Waals surface area contributed by atoms with Gasteiger partial charge in [0.05, 0.1) is 0 Å². The molecule has 3 amide bonds. The average Bonchev–Trinajstić information content (AvgIpc) is 2.72. The van der Waals surface area contributed by atoms with Gasteiger partial charge in [-0.2, -0.15) is 0 Å². The molecule has 1 aliphatic rings. The number of piperidine rings is 1. The number of amides is 3. The van der Waals surface area contributed by atoms with E-state index in [1.54, 1.807) is 51.1 Å². The Bertz CT molecular complexity index is 1060. The van der Waals surface area contributed by atoms with Gasteiger partial charge in [-0.15, -0.1) is 0 Å². The quantitative estimate of drug-likeness (QED) is 0.605. The molecule has 1 fully saturated rings. The van der Waals surface area contributed by atoms with Crippen LogP contribution in [-0.4, -0.2) is 41.5 Å². The van der Waals surface area contributed by atoms with Gasteiger partial charge in [0.15, 0.2) is 0 Å². The van der Waals surface area contributed by atoms with Gasteiger partial charge in [-0.05, 0) is 81.8 Å². The van der Waals surface area contributed by atoms with E-state index in [4.69, 9.17) is 4.74 Å². The molecule has 0 aliphatic carbocycles. The highest BCUT2D eigenvalue weighted by Crippen LogP contribution is 2.25. The summed E-state index contributed by atoms with van der Waals surface area (Å²) in [5.74, 6) is 0.594. The predicted octanol–water partition coefficient (Wildman–Crippen LogP) is 5.71. The number of carbonyl (C=O) groups excluding carboxylic acids is 3. The van der Waals surface area contributed by atoms with Crippen LogP contribution in [0.3, 0.4) is 0 Å². The molecule has 3 rings (SSSR count). The minimum Gasteiger partial charge on any atom is -0.444 e. The molecule has 1 heterocycles. The first kappa shape index (κ1) is 25.3. The molecule has 7 nitrogen and oxygen atoms in total. The molecule has 2 aromatic rings. The van der Waals surface area contributed by atoms with Crippen molar-refractivity contribution < 1.29 is 19.1 Å². The maximum Gasteiger partial charge on any atom is 0.412 e. The zero-order valence-corrected chi connectivity index (χ0v) is 20.9. The Balaban J connectivity index is 1.73. The molecule has 0 aromatic heterocycles. The Morgan fingerprint density at radius 1 is 0.941 bits per heavy atom. The number of hydrogen-bond donors (Lipinski definition) is 2. The second-order valence-electron chi connectivity index (χ2n) is 10.3. The van der Waals surface area contributed by atoms with Crippen LogP contribution < -0.4 is 10.6 Å². The fraction of sp³-hybridized carbons (Fsp3) is 0.444. The maximum absolute atomic E-state index is 13.1. The van der Waals surface area contributed by atoms with E-state index in [0.29, 0.717) is 34.3 Å². The van der Waals surface area contributed by atoms with Crippen molar-refractivity contribution in [1.82, 2.24) is 4.90 Å². The van der Waals surface area contributed by atoms with Gasteiger partial charge in [-0.25, -0.2) is 4.79 Å². The van der Waals surface area contributed by atoms with Crippen molar-refractivity contribution in [1.29, 1.82) is 0 Å². The maximum atomic E-state index is 13.1. The molecule has 0 radical (unpaired) electrons. The number of likely N-dealkylation sites (tertiary alicyclic amines) is 1. The summed E-state index contributed by atoms with van der Waals surface area (Å²) in [7, 11) is 0. The van der Waals surface area contributed by atoms with Crippen molar-refractivity contribution in [2.24, 2.45) is 11.8 Å². The van der Waals surface area contributed by atoms with E-state index < -0.39 is 11.7 Å². The highest BCUT2D eigenvalue weighted by molar-refractivity contribution is 6.06. The summed E-state index contributed by atoms with van der Waals surface area (Å²) in [5.41, 5.74) is 2.21. The van der Waals surface area contributed by atoms with Gasteiger partial charge in [-0.3, -0.25) is 14.9 Å². The van der Waals surface area contributed by atoms with Crippen LogP contribution in [0.1, 0.15) is 67.3 Å². The summed E-state index contributed by atoms with van der Waals surface area (Å²) in [4.78, 5) is 40.0. The molecule has 2 N–H and O–H groups in total. The standard InChI is InChI=1S/C27H35N3O4/c1-17-12-18(2)16-30(15-17)25(32)21-11-10-19(3)23(14-21)29-24(31)20-8-7-9-22(13-20)28-26(33)34-27(4,5)6/h7-11,13-14,17-18H,12,15-16H2,1-6H3,(H,28,33)(H,29,31). The van der Waals surface area contributed by atoms with Crippen molar-refractivity contribution in [3.8, 4) is 0 Å². The lowest BCUT2D eigenvalue weighted by Gasteiger charge is -2.35. The average molecular weight is 466 g/mol. The lowest BCUT2D eigenvalue weighted by Crippen LogP contribution is -2.42. The van der Waals surface area contributed by atoms with E-state index in [9.17, 15) is 14.4 Å². The lowest BCUT2D eigenvalue weighted by atomic mass is 9.91. The summed E-state index contributed by atoms with van der Waals surface area (Å²) in [6.45, 7) is 13.1. The number of aryl methyl sites for hydroxylation is 1. The number of hydrogen-bond acceptors (Lipinski definition) is 4. The molecule has 34 heavy (non-hydrogen) atoms.